The standard InChI is InChI=1S/C10H21N3/c1-3-5-11-7-9-13-10-8-12-6-4-2/h3-4,11-13H,1-2,5-10H2. The molecule has 0 bridgehead atoms. The van der Waals surface area contributed by atoms with Gasteiger partial charge in [-0.15, -0.1) is 13.2 Å². The minimum atomic E-state index is 0.885. The van der Waals surface area contributed by atoms with Crippen LogP contribution in [0.5, 0.6) is 0 Å². The van der Waals surface area contributed by atoms with Crippen molar-refractivity contribution in [3.8, 4) is 0 Å². The van der Waals surface area contributed by atoms with Gasteiger partial charge in [0.1, 0.15) is 0 Å². The Balaban J connectivity index is 2.83. The van der Waals surface area contributed by atoms with Crippen molar-refractivity contribution in [3.63, 3.8) is 0 Å². The lowest BCUT2D eigenvalue weighted by Crippen LogP contribution is -2.32. The van der Waals surface area contributed by atoms with Crippen LogP contribution in [0.2, 0.25) is 0 Å². The Bertz CT molecular complexity index is 109. The van der Waals surface area contributed by atoms with Gasteiger partial charge in [0.2, 0.25) is 0 Å². The monoisotopic (exact) mass is 183 g/mol. The maximum absolute atomic E-state index is 3.63. The first-order chi connectivity index (χ1) is 6.41. The molecule has 0 atom stereocenters. The van der Waals surface area contributed by atoms with Gasteiger partial charge in [0.05, 0.1) is 0 Å². The van der Waals surface area contributed by atoms with Crippen molar-refractivity contribution >= 4 is 0 Å². The predicted molar refractivity (Wildman–Crippen MR) is 59.0 cm³/mol. The van der Waals surface area contributed by atoms with Crippen molar-refractivity contribution in [1.82, 2.24) is 16.0 Å². The van der Waals surface area contributed by atoms with Gasteiger partial charge < -0.3 is 16.0 Å². The van der Waals surface area contributed by atoms with E-state index in [1.165, 1.54) is 0 Å². The summed E-state index contributed by atoms with van der Waals surface area (Å²) < 4.78 is 0. The zero-order valence-electron chi connectivity index (χ0n) is 8.31. The van der Waals surface area contributed by atoms with Gasteiger partial charge in [0, 0.05) is 39.3 Å². The van der Waals surface area contributed by atoms with E-state index in [2.05, 4.69) is 29.1 Å². The van der Waals surface area contributed by atoms with Crippen molar-refractivity contribution in [3.05, 3.63) is 25.3 Å². The zero-order chi connectivity index (χ0) is 9.78. The van der Waals surface area contributed by atoms with E-state index in [1.807, 2.05) is 12.2 Å². The molecule has 13 heavy (non-hydrogen) atoms. The van der Waals surface area contributed by atoms with E-state index in [4.69, 9.17) is 0 Å². The number of rotatable bonds is 10. The second-order valence-corrected chi connectivity index (χ2v) is 2.74. The summed E-state index contributed by atoms with van der Waals surface area (Å²) in [5.74, 6) is 0. The third-order valence-corrected chi connectivity index (χ3v) is 1.53. The van der Waals surface area contributed by atoms with E-state index in [0.717, 1.165) is 39.3 Å². The van der Waals surface area contributed by atoms with Crippen LogP contribution in [0.15, 0.2) is 25.3 Å². The summed E-state index contributed by atoms with van der Waals surface area (Å²) in [4.78, 5) is 0. The number of nitrogens with one attached hydrogen (secondary N) is 3. The molecule has 0 unspecified atom stereocenters. The molecule has 0 fully saturated rings. The average molecular weight is 183 g/mol. The highest BCUT2D eigenvalue weighted by Gasteiger charge is 1.85. The molecular weight excluding hydrogens is 162 g/mol. The van der Waals surface area contributed by atoms with E-state index in [1.54, 1.807) is 0 Å². The molecule has 0 aliphatic heterocycles. The molecule has 0 aromatic rings. The van der Waals surface area contributed by atoms with Crippen molar-refractivity contribution in [2.75, 3.05) is 39.3 Å². The Kier molecular flexibility index (Phi) is 10.8. The average Bonchev–Trinajstić information content (AvgIpc) is 2.16. The number of hydrogen-bond donors (Lipinski definition) is 3. The fourth-order valence-electron chi connectivity index (χ4n) is 0.887. The Morgan fingerprint density at radius 2 is 1.08 bits per heavy atom. The summed E-state index contributed by atoms with van der Waals surface area (Å²) in [6, 6.07) is 0. The lowest BCUT2D eigenvalue weighted by atomic mass is 10.5. The molecule has 0 aliphatic rings. The van der Waals surface area contributed by atoms with E-state index < -0.39 is 0 Å². The molecular formula is C10H21N3. The molecule has 0 radical (unpaired) electrons. The molecule has 3 heteroatoms. The van der Waals surface area contributed by atoms with Gasteiger partial charge in [-0.25, -0.2) is 0 Å². The van der Waals surface area contributed by atoms with Gasteiger partial charge in [-0.1, -0.05) is 12.2 Å². The Labute approximate surface area is 81.3 Å². The topological polar surface area (TPSA) is 36.1 Å². The van der Waals surface area contributed by atoms with Gasteiger partial charge in [0.25, 0.3) is 0 Å². The van der Waals surface area contributed by atoms with Gasteiger partial charge in [-0.05, 0) is 0 Å². The van der Waals surface area contributed by atoms with Crippen LogP contribution in [0.3, 0.4) is 0 Å². The fraction of sp³-hybridized carbons (Fsp3) is 0.600. The summed E-state index contributed by atoms with van der Waals surface area (Å²) in [5.41, 5.74) is 0. The second-order valence-electron chi connectivity index (χ2n) is 2.74. The van der Waals surface area contributed by atoms with Gasteiger partial charge in [-0.2, -0.15) is 0 Å². The molecule has 0 amide bonds. The summed E-state index contributed by atoms with van der Waals surface area (Å²) in [5, 5.41) is 9.75. The van der Waals surface area contributed by atoms with Gasteiger partial charge in [-0.3, -0.25) is 0 Å². The minimum absolute atomic E-state index is 0.885. The Morgan fingerprint density at radius 3 is 1.46 bits per heavy atom. The maximum atomic E-state index is 3.63. The van der Waals surface area contributed by atoms with E-state index in [9.17, 15) is 0 Å². The summed E-state index contributed by atoms with van der Waals surface area (Å²) in [6.45, 7) is 13.0. The largest absolute Gasteiger partial charge is 0.314 e. The van der Waals surface area contributed by atoms with E-state index in [-0.39, 0.29) is 0 Å². The molecule has 3 N–H and O–H groups in total. The summed E-state index contributed by atoms with van der Waals surface area (Å²) in [7, 11) is 0. The highest BCUT2D eigenvalue weighted by atomic mass is 15.0. The Hall–Kier alpha value is -0.640. The molecule has 3 nitrogen and oxygen atoms in total. The molecule has 0 heterocycles. The van der Waals surface area contributed by atoms with Crippen molar-refractivity contribution in [2.24, 2.45) is 0 Å². The van der Waals surface area contributed by atoms with Crippen LogP contribution in [0, 0.1) is 0 Å². The highest BCUT2D eigenvalue weighted by molar-refractivity contribution is 4.70. The molecule has 0 spiro atoms. The molecule has 0 aliphatic carbocycles. The molecule has 0 rings (SSSR count). The molecule has 0 saturated carbocycles. The second kappa shape index (κ2) is 11.4. The lowest BCUT2D eigenvalue weighted by Gasteiger charge is -2.05. The summed E-state index contributed by atoms with van der Waals surface area (Å²) >= 11 is 0. The van der Waals surface area contributed by atoms with Gasteiger partial charge in [0.15, 0.2) is 0 Å². The van der Waals surface area contributed by atoms with E-state index >= 15 is 0 Å². The molecule has 76 valence electrons. The number of hydrogen-bond acceptors (Lipinski definition) is 3. The third kappa shape index (κ3) is 11.4. The SMILES string of the molecule is C=CCNCCNCCNCC=C. The van der Waals surface area contributed by atoms with Crippen LogP contribution >= 0.6 is 0 Å². The van der Waals surface area contributed by atoms with Crippen LogP contribution in [-0.2, 0) is 0 Å². The predicted octanol–water partition coefficient (Wildman–Crippen LogP) is 0.127. The first-order valence-electron chi connectivity index (χ1n) is 4.75. The quantitative estimate of drug-likeness (QED) is 0.333. The third-order valence-electron chi connectivity index (χ3n) is 1.53. The first kappa shape index (κ1) is 12.4. The fourth-order valence-corrected chi connectivity index (χ4v) is 0.887. The smallest absolute Gasteiger partial charge is 0.0132 e. The van der Waals surface area contributed by atoms with Gasteiger partial charge >= 0.3 is 0 Å². The molecule has 0 aromatic heterocycles. The molecule has 0 saturated heterocycles. The highest BCUT2D eigenvalue weighted by Crippen LogP contribution is 1.63. The maximum Gasteiger partial charge on any atom is 0.0132 e. The van der Waals surface area contributed by atoms with Crippen LogP contribution < -0.4 is 16.0 Å². The molecule has 0 aromatic carbocycles. The van der Waals surface area contributed by atoms with E-state index in [0.29, 0.717) is 0 Å². The minimum Gasteiger partial charge on any atom is -0.314 e. The first-order valence-corrected chi connectivity index (χ1v) is 4.75. The van der Waals surface area contributed by atoms with Crippen LogP contribution in [0.25, 0.3) is 0 Å². The van der Waals surface area contributed by atoms with Crippen molar-refractivity contribution in [1.29, 1.82) is 0 Å². The lowest BCUT2D eigenvalue weighted by molar-refractivity contribution is 0.608. The normalized spacial score (nSPS) is 9.85. The van der Waals surface area contributed by atoms with Crippen molar-refractivity contribution < 1.29 is 0 Å². The Morgan fingerprint density at radius 1 is 0.692 bits per heavy atom. The van der Waals surface area contributed by atoms with Crippen LogP contribution in [-0.4, -0.2) is 39.3 Å². The zero-order valence-corrected chi connectivity index (χ0v) is 8.31. The van der Waals surface area contributed by atoms with Crippen LogP contribution in [0.1, 0.15) is 0 Å². The van der Waals surface area contributed by atoms with Crippen LogP contribution in [0.4, 0.5) is 0 Å². The summed E-state index contributed by atoms with van der Waals surface area (Å²) in [6.07, 6.45) is 3.73. The van der Waals surface area contributed by atoms with Crippen molar-refractivity contribution in [2.45, 2.75) is 0 Å².